The number of aliphatic hydroxyl groups excluding tert-OH is 5. The fraction of sp³-hybridized carbons (Fsp3) is 0.833. The molecular formula is C6H14O6Pb. The van der Waals surface area contributed by atoms with Crippen LogP contribution in [0, 0.1) is 0 Å². The molecule has 0 saturated heterocycles. The van der Waals surface area contributed by atoms with Gasteiger partial charge >= 0.3 is 27.3 Å². The van der Waals surface area contributed by atoms with E-state index in [1.54, 1.807) is 0 Å². The Bertz CT molecular complexity index is 143. The normalized spacial score (nSPS) is 19.5. The standard InChI is InChI=1S/C6H12O6.Pb.2H/c7-1-3(9)5(11)6(12)4(10)2-8;;;/h1,3-6,8-12H,2H2;;;. The molecule has 0 aliphatic rings. The van der Waals surface area contributed by atoms with Gasteiger partial charge in [-0.1, -0.05) is 0 Å². The first-order valence-electron chi connectivity index (χ1n) is 3.33. The molecule has 0 spiro atoms. The molecule has 0 saturated carbocycles. The Morgan fingerprint density at radius 3 is 1.85 bits per heavy atom. The molecule has 0 fully saturated rings. The van der Waals surface area contributed by atoms with Gasteiger partial charge in [0.2, 0.25) is 0 Å². The second-order valence-electron chi connectivity index (χ2n) is 2.36. The van der Waals surface area contributed by atoms with Crippen LogP contribution in [0.1, 0.15) is 0 Å². The summed E-state index contributed by atoms with van der Waals surface area (Å²) >= 11 is 0. The van der Waals surface area contributed by atoms with Crippen LogP contribution < -0.4 is 0 Å². The van der Waals surface area contributed by atoms with E-state index in [-0.39, 0.29) is 33.6 Å². The first-order valence-corrected chi connectivity index (χ1v) is 3.33. The summed E-state index contributed by atoms with van der Waals surface area (Å²) in [4.78, 5) is 9.90. The summed E-state index contributed by atoms with van der Waals surface area (Å²) in [6.07, 6.45) is -6.84. The molecular weight excluding hydrogens is 375 g/mol. The molecule has 7 heteroatoms. The van der Waals surface area contributed by atoms with Crippen LogP contribution in [0.4, 0.5) is 0 Å². The zero-order chi connectivity index (χ0) is 9.72. The minimum atomic E-state index is -1.79. The summed E-state index contributed by atoms with van der Waals surface area (Å²) in [7, 11) is 0. The fourth-order valence-electron chi connectivity index (χ4n) is 0.618. The second kappa shape index (κ2) is 7.76. The van der Waals surface area contributed by atoms with Crippen molar-refractivity contribution in [1.82, 2.24) is 0 Å². The SMILES string of the molecule is O=CC(O)C(O)C(O)C(O)CO.[PbH2]. The molecule has 0 amide bonds. The molecule has 13 heavy (non-hydrogen) atoms. The van der Waals surface area contributed by atoms with Crippen molar-refractivity contribution < 1.29 is 30.3 Å². The van der Waals surface area contributed by atoms with Crippen molar-refractivity contribution >= 4 is 33.6 Å². The molecule has 0 aromatic heterocycles. The Morgan fingerprint density at radius 1 is 1.08 bits per heavy atom. The molecule has 2 radical (unpaired) electrons. The third-order valence-corrected chi connectivity index (χ3v) is 1.42. The topological polar surface area (TPSA) is 118 Å². The Morgan fingerprint density at radius 2 is 1.54 bits per heavy atom. The Labute approximate surface area is 95.0 Å². The molecule has 0 bridgehead atoms. The summed E-state index contributed by atoms with van der Waals surface area (Å²) in [6, 6.07) is 0. The van der Waals surface area contributed by atoms with Gasteiger partial charge in [0.15, 0.2) is 6.29 Å². The van der Waals surface area contributed by atoms with Crippen LogP contribution in [0.3, 0.4) is 0 Å². The summed E-state index contributed by atoms with van der Waals surface area (Å²) in [5, 5.41) is 43.5. The summed E-state index contributed by atoms with van der Waals surface area (Å²) in [5.74, 6) is 0. The number of carbonyl (C=O) groups excluding carboxylic acids is 1. The van der Waals surface area contributed by atoms with Crippen LogP contribution in [0.25, 0.3) is 0 Å². The third kappa shape index (κ3) is 4.98. The van der Waals surface area contributed by atoms with E-state index >= 15 is 0 Å². The van der Waals surface area contributed by atoms with Gasteiger partial charge in [-0.05, 0) is 0 Å². The van der Waals surface area contributed by atoms with Crippen molar-refractivity contribution in [1.29, 1.82) is 0 Å². The zero-order valence-electron chi connectivity index (χ0n) is 6.95. The van der Waals surface area contributed by atoms with E-state index in [1.165, 1.54) is 0 Å². The predicted octanol–water partition coefficient (Wildman–Crippen LogP) is -4.29. The van der Waals surface area contributed by atoms with Crippen molar-refractivity contribution in [2.75, 3.05) is 6.61 Å². The predicted molar refractivity (Wildman–Crippen MR) is 45.7 cm³/mol. The molecule has 0 aliphatic heterocycles. The Balaban J connectivity index is 0. The number of carbonyl (C=O) groups is 1. The first kappa shape index (κ1) is 15.8. The maximum absolute atomic E-state index is 9.90. The van der Waals surface area contributed by atoms with E-state index in [4.69, 9.17) is 25.5 Å². The van der Waals surface area contributed by atoms with Crippen LogP contribution in [0.15, 0.2) is 0 Å². The van der Waals surface area contributed by atoms with Gasteiger partial charge in [-0.3, -0.25) is 0 Å². The molecule has 4 unspecified atom stereocenters. The van der Waals surface area contributed by atoms with Crippen LogP contribution in [0.2, 0.25) is 0 Å². The molecule has 5 N–H and O–H groups in total. The van der Waals surface area contributed by atoms with E-state index < -0.39 is 31.0 Å². The molecule has 0 aromatic rings. The first-order chi connectivity index (χ1) is 5.54. The van der Waals surface area contributed by atoms with Crippen LogP contribution in [-0.4, -0.2) is 90.1 Å². The average molecular weight is 389 g/mol. The van der Waals surface area contributed by atoms with E-state index in [1.807, 2.05) is 0 Å². The maximum atomic E-state index is 9.90. The van der Waals surface area contributed by atoms with Gasteiger partial charge < -0.3 is 30.3 Å². The van der Waals surface area contributed by atoms with Gasteiger partial charge in [-0.15, -0.1) is 0 Å². The summed E-state index contributed by atoms with van der Waals surface area (Å²) < 4.78 is 0. The number of hydrogen-bond acceptors (Lipinski definition) is 6. The summed E-state index contributed by atoms with van der Waals surface area (Å²) in [5.41, 5.74) is 0. The molecule has 78 valence electrons. The molecule has 0 rings (SSSR count). The van der Waals surface area contributed by atoms with Crippen LogP contribution in [0.5, 0.6) is 0 Å². The van der Waals surface area contributed by atoms with Crippen molar-refractivity contribution in [3.05, 3.63) is 0 Å². The van der Waals surface area contributed by atoms with E-state index in [2.05, 4.69) is 0 Å². The second-order valence-corrected chi connectivity index (χ2v) is 2.36. The number of aldehydes is 1. The van der Waals surface area contributed by atoms with E-state index in [0.29, 0.717) is 0 Å². The number of aliphatic hydroxyl groups is 5. The van der Waals surface area contributed by atoms with Gasteiger partial charge in [0.25, 0.3) is 0 Å². The number of hydrogen-bond donors (Lipinski definition) is 5. The molecule has 0 aliphatic carbocycles. The van der Waals surface area contributed by atoms with Crippen molar-refractivity contribution in [2.24, 2.45) is 0 Å². The monoisotopic (exact) mass is 390 g/mol. The third-order valence-electron chi connectivity index (χ3n) is 1.42. The van der Waals surface area contributed by atoms with Gasteiger partial charge in [0.1, 0.15) is 24.4 Å². The van der Waals surface area contributed by atoms with E-state index in [9.17, 15) is 4.79 Å². The average Bonchev–Trinajstić information content (AvgIpc) is 2.12. The summed E-state index contributed by atoms with van der Waals surface area (Å²) in [6.45, 7) is -0.760. The molecule has 6 nitrogen and oxygen atoms in total. The van der Waals surface area contributed by atoms with Gasteiger partial charge in [-0.2, -0.15) is 0 Å². The van der Waals surface area contributed by atoms with Gasteiger partial charge in [-0.25, -0.2) is 0 Å². The molecule has 0 heterocycles. The fourth-order valence-corrected chi connectivity index (χ4v) is 0.618. The van der Waals surface area contributed by atoms with E-state index in [0.717, 1.165) is 0 Å². The van der Waals surface area contributed by atoms with Crippen molar-refractivity contribution in [3.8, 4) is 0 Å². The Kier molecular flexibility index (Phi) is 9.46. The van der Waals surface area contributed by atoms with Gasteiger partial charge in [0.05, 0.1) is 6.61 Å². The molecule has 4 atom stereocenters. The van der Waals surface area contributed by atoms with Crippen molar-refractivity contribution in [2.45, 2.75) is 24.4 Å². The Hall–Kier alpha value is 0.392. The van der Waals surface area contributed by atoms with Gasteiger partial charge in [0, 0.05) is 0 Å². The minimum absolute atomic E-state index is 0. The zero-order valence-corrected chi connectivity index (χ0v) is 12.4. The molecule has 0 aromatic carbocycles. The van der Waals surface area contributed by atoms with Crippen LogP contribution in [-0.2, 0) is 4.79 Å². The number of rotatable bonds is 5. The van der Waals surface area contributed by atoms with Crippen molar-refractivity contribution in [3.63, 3.8) is 0 Å². The quantitative estimate of drug-likeness (QED) is 0.240. The van der Waals surface area contributed by atoms with Crippen LogP contribution >= 0.6 is 0 Å².